The molecular formula is C14H28N2O2. The SMILES string of the molecule is CC(C)(N)CCC1(NC(=O)OC(C)(C)C)CCC1. The molecule has 0 aromatic heterocycles. The zero-order valence-electron chi connectivity index (χ0n) is 12.4. The number of amides is 1. The maximum Gasteiger partial charge on any atom is 0.408 e. The summed E-state index contributed by atoms with van der Waals surface area (Å²) in [6, 6.07) is 0. The fourth-order valence-corrected chi connectivity index (χ4v) is 2.12. The molecule has 1 amide bonds. The Balaban J connectivity index is 2.48. The van der Waals surface area contributed by atoms with E-state index in [4.69, 9.17) is 10.5 Å². The minimum absolute atomic E-state index is 0.0844. The second-order valence-corrected chi connectivity index (χ2v) is 7.25. The lowest BCUT2D eigenvalue weighted by atomic mass is 9.72. The molecule has 0 radical (unpaired) electrons. The number of rotatable bonds is 4. The summed E-state index contributed by atoms with van der Waals surface area (Å²) in [5, 5.41) is 3.04. The van der Waals surface area contributed by atoms with E-state index in [1.807, 2.05) is 34.6 Å². The molecule has 1 aliphatic carbocycles. The van der Waals surface area contributed by atoms with Gasteiger partial charge in [-0.2, -0.15) is 0 Å². The van der Waals surface area contributed by atoms with Gasteiger partial charge in [0.15, 0.2) is 0 Å². The Morgan fingerprint density at radius 3 is 2.17 bits per heavy atom. The Hall–Kier alpha value is -0.770. The number of hydrogen-bond donors (Lipinski definition) is 2. The molecule has 1 fully saturated rings. The van der Waals surface area contributed by atoms with Crippen molar-refractivity contribution in [3.05, 3.63) is 0 Å². The van der Waals surface area contributed by atoms with Gasteiger partial charge in [-0.1, -0.05) is 0 Å². The Kier molecular flexibility index (Phi) is 4.31. The molecule has 0 bridgehead atoms. The highest BCUT2D eigenvalue weighted by Gasteiger charge is 2.39. The first-order valence-electron chi connectivity index (χ1n) is 6.82. The van der Waals surface area contributed by atoms with Gasteiger partial charge in [0.25, 0.3) is 0 Å². The van der Waals surface area contributed by atoms with E-state index in [9.17, 15) is 4.79 Å². The van der Waals surface area contributed by atoms with Crippen molar-refractivity contribution in [2.45, 2.75) is 83.4 Å². The van der Waals surface area contributed by atoms with Crippen molar-refractivity contribution in [3.8, 4) is 0 Å². The maximum atomic E-state index is 11.8. The molecule has 0 atom stereocenters. The van der Waals surface area contributed by atoms with Gasteiger partial charge in [0.2, 0.25) is 0 Å². The normalized spacial score (nSPS) is 19.0. The zero-order valence-corrected chi connectivity index (χ0v) is 12.4. The van der Waals surface area contributed by atoms with Crippen LogP contribution in [0, 0.1) is 0 Å². The van der Waals surface area contributed by atoms with Gasteiger partial charge in [0.1, 0.15) is 5.60 Å². The first-order chi connectivity index (χ1) is 8.02. The van der Waals surface area contributed by atoms with Crippen molar-refractivity contribution in [1.82, 2.24) is 5.32 Å². The lowest BCUT2D eigenvalue weighted by molar-refractivity contribution is 0.0360. The fourth-order valence-electron chi connectivity index (χ4n) is 2.12. The highest BCUT2D eigenvalue weighted by atomic mass is 16.6. The number of nitrogens with one attached hydrogen (secondary N) is 1. The third-order valence-electron chi connectivity index (χ3n) is 3.32. The van der Waals surface area contributed by atoms with Gasteiger partial charge in [-0.25, -0.2) is 4.79 Å². The Labute approximate surface area is 111 Å². The Morgan fingerprint density at radius 2 is 1.83 bits per heavy atom. The van der Waals surface area contributed by atoms with Crippen molar-refractivity contribution in [3.63, 3.8) is 0 Å². The van der Waals surface area contributed by atoms with E-state index in [1.165, 1.54) is 6.42 Å². The van der Waals surface area contributed by atoms with Gasteiger partial charge >= 0.3 is 6.09 Å². The largest absolute Gasteiger partial charge is 0.444 e. The molecule has 0 aliphatic heterocycles. The topological polar surface area (TPSA) is 64.3 Å². The van der Waals surface area contributed by atoms with Gasteiger partial charge in [0, 0.05) is 11.1 Å². The Bertz CT molecular complexity index is 296. The van der Waals surface area contributed by atoms with Crippen molar-refractivity contribution >= 4 is 6.09 Å². The molecule has 4 heteroatoms. The average Bonchev–Trinajstić information content (AvgIpc) is 2.04. The molecule has 1 rings (SSSR count). The first-order valence-corrected chi connectivity index (χ1v) is 6.82. The standard InChI is InChI=1S/C14H28N2O2/c1-12(2,3)18-11(17)16-14(7-6-8-14)10-9-13(4,5)15/h6-10,15H2,1-5H3,(H,16,17). The maximum absolute atomic E-state index is 11.8. The predicted octanol–water partition coefficient (Wildman–Crippen LogP) is 2.95. The minimum Gasteiger partial charge on any atom is -0.444 e. The van der Waals surface area contributed by atoms with Gasteiger partial charge in [0.05, 0.1) is 0 Å². The summed E-state index contributed by atoms with van der Waals surface area (Å²) >= 11 is 0. The van der Waals surface area contributed by atoms with Crippen molar-refractivity contribution < 1.29 is 9.53 Å². The van der Waals surface area contributed by atoms with Crippen LogP contribution in [0.15, 0.2) is 0 Å². The zero-order chi connectivity index (χ0) is 14.0. The molecule has 0 unspecified atom stereocenters. The fraction of sp³-hybridized carbons (Fsp3) is 0.929. The second-order valence-electron chi connectivity index (χ2n) is 7.25. The second kappa shape index (κ2) is 5.08. The Morgan fingerprint density at radius 1 is 1.28 bits per heavy atom. The van der Waals surface area contributed by atoms with Crippen LogP contribution in [0.4, 0.5) is 4.79 Å². The lowest BCUT2D eigenvalue weighted by Crippen LogP contribution is -2.55. The van der Waals surface area contributed by atoms with Gasteiger partial charge in [-0.15, -0.1) is 0 Å². The van der Waals surface area contributed by atoms with E-state index < -0.39 is 5.60 Å². The van der Waals surface area contributed by atoms with Crippen LogP contribution in [0.1, 0.15) is 66.7 Å². The van der Waals surface area contributed by atoms with E-state index in [2.05, 4.69) is 5.32 Å². The number of alkyl carbamates (subject to hydrolysis) is 1. The molecule has 0 heterocycles. The molecule has 106 valence electrons. The van der Waals surface area contributed by atoms with Crippen LogP contribution in [0.25, 0.3) is 0 Å². The summed E-state index contributed by atoms with van der Waals surface area (Å²) in [7, 11) is 0. The quantitative estimate of drug-likeness (QED) is 0.812. The van der Waals surface area contributed by atoms with Crippen molar-refractivity contribution in [2.75, 3.05) is 0 Å². The molecule has 0 spiro atoms. The number of ether oxygens (including phenoxy) is 1. The monoisotopic (exact) mass is 256 g/mol. The van der Waals surface area contributed by atoms with Crippen LogP contribution in [0.2, 0.25) is 0 Å². The van der Waals surface area contributed by atoms with E-state index in [0.29, 0.717) is 0 Å². The average molecular weight is 256 g/mol. The summed E-state index contributed by atoms with van der Waals surface area (Å²) in [5.74, 6) is 0. The molecule has 3 N–H and O–H groups in total. The molecular weight excluding hydrogens is 228 g/mol. The number of carbonyl (C=O) groups is 1. The van der Waals surface area contributed by atoms with E-state index in [1.54, 1.807) is 0 Å². The van der Waals surface area contributed by atoms with E-state index in [-0.39, 0.29) is 17.2 Å². The smallest absolute Gasteiger partial charge is 0.408 e. The van der Waals surface area contributed by atoms with Crippen LogP contribution < -0.4 is 11.1 Å². The van der Waals surface area contributed by atoms with E-state index in [0.717, 1.165) is 25.7 Å². The van der Waals surface area contributed by atoms with Crippen LogP contribution in [-0.2, 0) is 4.74 Å². The molecule has 4 nitrogen and oxygen atoms in total. The first kappa shape index (κ1) is 15.3. The molecule has 0 aromatic carbocycles. The van der Waals surface area contributed by atoms with Crippen molar-refractivity contribution in [2.24, 2.45) is 5.73 Å². The summed E-state index contributed by atoms with van der Waals surface area (Å²) in [4.78, 5) is 11.8. The van der Waals surface area contributed by atoms with Crippen molar-refractivity contribution in [1.29, 1.82) is 0 Å². The summed E-state index contributed by atoms with van der Waals surface area (Å²) in [6.45, 7) is 9.68. The van der Waals surface area contributed by atoms with Gasteiger partial charge < -0.3 is 15.8 Å². The lowest BCUT2D eigenvalue weighted by Gasteiger charge is -2.44. The molecule has 1 saturated carbocycles. The third-order valence-corrected chi connectivity index (χ3v) is 3.32. The highest BCUT2D eigenvalue weighted by molar-refractivity contribution is 5.69. The third kappa shape index (κ3) is 5.25. The minimum atomic E-state index is -0.442. The molecule has 18 heavy (non-hydrogen) atoms. The number of carbonyl (C=O) groups excluding carboxylic acids is 1. The van der Waals surface area contributed by atoms with Gasteiger partial charge in [-0.3, -0.25) is 0 Å². The number of nitrogens with two attached hydrogens (primary N) is 1. The van der Waals surface area contributed by atoms with Gasteiger partial charge in [-0.05, 0) is 66.7 Å². The molecule has 1 aliphatic rings. The summed E-state index contributed by atoms with van der Waals surface area (Å²) in [5.41, 5.74) is 5.30. The van der Waals surface area contributed by atoms with Crippen LogP contribution in [-0.4, -0.2) is 22.8 Å². The number of hydrogen-bond acceptors (Lipinski definition) is 3. The summed E-state index contributed by atoms with van der Waals surface area (Å²) in [6.07, 6.45) is 4.75. The predicted molar refractivity (Wildman–Crippen MR) is 73.5 cm³/mol. The van der Waals surface area contributed by atoms with Crippen LogP contribution in [0.5, 0.6) is 0 Å². The van der Waals surface area contributed by atoms with Crippen LogP contribution in [0.3, 0.4) is 0 Å². The molecule has 0 aromatic rings. The van der Waals surface area contributed by atoms with Crippen LogP contribution >= 0.6 is 0 Å². The highest BCUT2D eigenvalue weighted by Crippen LogP contribution is 2.37. The van der Waals surface area contributed by atoms with E-state index >= 15 is 0 Å². The summed E-state index contributed by atoms with van der Waals surface area (Å²) < 4.78 is 5.32. The molecule has 0 saturated heterocycles.